The van der Waals surface area contributed by atoms with E-state index in [9.17, 15) is 13.2 Å². The SMILES string of the molecule is COc1ccc2cc1Oc1ccc(cc1)C[C@H]1c3cc(c(OC)cc3CCN1C)Oc1c(OCc3ccc(C(F)(F)F)cc3)c(OC)cc3c1[C@H](C2)N(C)CC3. The lowest BCUT2D eigenvalue weighted by molar-refractivity contribution is -0.137. The van der Waals surface area contributed by atoms with Gasteiger partial charge in [-0.25, -0.2) is 0 Å². The molecule has 0 saturated heterocycles. The smallest absolute Gasteiger partial charge is 0.416 e. The summed E-state index contributed by atoms with van der Waals surface area (Å²) in [6, 6.07) is 25.3. The van der Waals surface area contributed by atoms with E-state index in [1.807, 2.05) is 36.4 Å². The van der Waals surface area contributed by atoms with E-state index in [1.54, 1.807) is 21.3 Å². The Hall–Kier alpha value is -5.39. The predicted octanol–water partition coefficient (Wildman–Crippen LogP) is 9.75. The minimum Gasteiger partial charge on any atom is -0.493 e. The van der Waals surface area contributed by atoms with Crippen LogP contribution in [0.15, 0.2) is 84.9 Å². The molecule has 0 amide bonds. The lowest BCUT2D eigenvalue weighted by Crippen LogP contribution is -2.34. The number of hydrogen-bond donors (Lipinski definition) is 0. The standard InChI is InChI=1S/C45H45F3N2O6/c1-49-18-16-30-23-38(52-4)40-25-34(30)35(49)20-27-8-13-33(14-9-27)55-39-22-29(10-15-37(39)51-3)21-36-42-31(17-19-50(36)2)24-41(53-5)43(44(42)56-40)54-26-28-6-11-32(12-7-28)45(46,47)48/h6-15,22-25,35-36H,16-21,26H2,1-5H3/t35-,36-/m0/s1. The summed E-state index contributed by atoms with van der Waals surface area (Å²) < 4.78 is 78.1. The molecule has 0 N–H and O–H groups in total. The largest absolute Gasteiger partial charge is 0.493 e. The van der Waals surface area contributed by atoms with Gasteiger partial charge in [0.1, 0.15) is 12.4 Å². The first-order valence-corrected chi connectivity index (χ1v) is 18.8. The van der Waals surface area contributed by atoms with E-state index in [0.29, 0.717) is 58.0 Å². The zero-order valence-corrected chi connectivity index (χ0v) is 32.2. The number of rotatable bonds is 6. The second kappa shape index (κ2) is 15.3. The number of alkyl halides is 3. The van der Waals surface area contributed by atoms with Crippen molar-refractivity contribution < 1.29 is 41.6 Å². The van der Waals surface area contributed by atoms with E-state index < -0.39 is 11.7 Å². The van der Waals surface area contributed by atoms with Crippen LogP contribution >= 0.6 is 0 Å². The number of methoxy groups -OCH3 is 3. The summed E-state index contributed by atoms with van der Waals surface area (Å²) in [6.07, 6.45) is -1.50. The van der Waals surface area contributed by atoms with Gasteiger partial charge in [-0.15, -0.1) is 0 Å². The minimum atomic E-state index is -4.44. The van der Waals surface area contributed by atoms with Crippen molar-refractivity contribution in [2.24, 2.45) is 0 Å². The lowest BCUT2D eigenvalue weighted by Gasteiger charge is -2.37. The Labute approximate surface area is 325 Å². The first-order valence-electron chi connectivity index (χ1n) is 18.8. The summed E-state index contributed by atoms with van der Waals surface area (Å²) in [5, 5.41) is 0. The average Bonchev–Trinajstić information content (AvgIpc) is 3.19. The Bertz CT molecular complexity index is 2220. The number of benzene rings is 5. The second-order valence-corrected chi connectivity index (χ2v) is 14.7. The molecule has 8 nitrogen and oxygen atoms in total. The van der Waals surface area contributed by atoms with Gasteiger partial charge in [-0.2, -0.15) is 13.2 Å². The van der Waals surface area contributed by atoms with Gasteiger partial charge in [0.2, 0.25) is 5.75 Å². The number of halogens is 3. The maximum Gasteiger partial charge on any atom is 0.416 e. The Balaban J connectivity index is 1.32. The molecule has 6 bridgehead atoms. The molecule has 0 saturated carbocycles. The van der Waals surface area contributed by atoms with E-state index in [4.69, 9.17) is 28.4 Å². The molecule has 0 aromatic heterocycles. The van der Waals surface area contributed by atoms with Crippen LogP contribution < -0.4 is 28.4 Å². The normalized spacial score (nSPS) is 18.1. The lowest BCUT2D eigenvalue weighted by atomic mass is 9.87. The number of nitrogens with zero attached hydrogens (tertiary/aromatic N) is 2. The Morgan fingerprint density at radius 1 is 0.661 bits per heavy atom. The molecule has 56 heavy (non-hydrogen) atoms. The fraction of sp³-hybridized carbons (Fsp3) is 0.333. The fourth-order valence-corrected chi connectivity index (χ4v) is 8.16. The van der Waals surface area contributed by atoms with Crippen molar-refractivity contribution in [1.82, 2.24) is 9.80 Å². The Kier molecular flexibility index (Phi) is 10.2. The van der Waals surface area contributed by atoms with Crippen molar-refractivity contribution in [2.75, 3.05) is 48.5 Å². The van der Waals surface area contributed by atoms with Crippen LogP contribution in [0.3, 0.4) is 0 Å². The predicted molar refractivity (Wildman–Crippen MR) is 207 cm³/mol. The third-order valence-electron chi connectivity index (χ3n) is 11.3. The molecule has 0 radical (unpaired) electrons. The van der Waals surface area contributed by atoms with Crippen LogP contribution in [0.5, 0.6) is 46.0 Å². The monoisotopic (exact) mass is 766 g/mol. The molecule has 11 heteroatoms. The summed E-state index contributed by atoms with van der Waals surface area (Å²) in [4.78, 5) is 4.67. The first kappa shape index (κ1) is 37.5. The van der Waals surface area contributed by atoms with Crippen LogP contribution in [0.2, 0.25) is 0 Å². The zero-order valence-electron chi connectivity index (χ0n) is 32.2. The van der Waals surface area contributed by atoms with E-state index >= 15 is 0 Å². The number of ether oxygens (including phenoxy) is 6. The van der Waals surface area contributed by atoms with Crippen molar-refractivity contribution in [2.45, 2.75) is 50.6 Å². The Morgan fingerprint density at radius 2 is 1.29 bits per heavy atom. The molecule has 2 atom stereocenters. The molecule has 0 spiro atoms. The highest BCUT2D eigenvalue weighted by molar-refractivity contribution is 5.64. The van der Waals surface area contributed by atoms with Crippen LogP contribution in [0.25, 0.3) is 0 Å². The highest BCUT2D eigenvalue weighted by atomic mass is 19.4. The summed E-state index contributed by atoms with van der Waals surface area (Å²) in [5.41, 5.74) is 6.36. The van der Waals surface area contributed by atoms with Crippen molar-refractivity contribution in [3.63, 3.8) is 0 Å². The maximum atomic E-state index is 13.4. The first-order chi connectivity index (χ1) is 27.0. The minimum absolute atomic E-state index is 0.0179. The molecule has 4 aliphatic rings. The van der Waals surface area contributed by atoms with Crippen LogP contribution in [0, 0.1) is 0 Å². The number of hydrogen-bond acceptors (Lipinski definition) is 8. The quantitative estimate of drug-likeness (QED) is 0.169. The zero-order chi connectivity index (χ0) is 39.1. The summed E-state index contributed by atoms with van der Waals surface area (Å²) in [7, 11) is 9.10. The molecule has 0 aliphatic carbocycles. The van der Waals surface area contributed by atoms with Crippen molar-refractivity contribution >= 4 is 0 Å². The van der Waals surface area contributed by atoms with Gasteiger partial charge >= 0.3 is 6.18 Å². The van der Waals surface area contributed by atoms with Crippen LogP contribution in [0.4, 0.5) is 13.2 Å². The third-order valence-corrected chi connectivity index (χ3v) is 11.3. The molecule has 0 fully saturated rings. The maximum absolute atomic E-state index is 13.4. The highest BCUT2D eigenvalue weighted by Crippen LogP contribution is 2.52. The van der Waals surface area contributed by atoms with Gasteiger partial charge < -0.3 is 28.4 Å². The molecule has 4 aliphatic heterocycles. The van der Waals surface area contributed by atoms with Crippen LogP contribution in [-0.4, -0.2) is 58.3 Å². The summed E-state index contributed by atoms with van der Waals surface area (Å²) >= 11 is 0. The van der Waals surface area contributed by atoms with Gasteiger partial charge in [0, 0.05) is 30.7 Å². The van der Waals surface area contributed by atoms with Crippen molar-refractivity contribution in [3.8, 4) is 46.0 Å². The van der Waals surface area contributed by atoms with Gasteiger partial charge in [-0.1, -0.05) is 30.3 Å². The van der Waals surface area contributed by atoms with E-state index in [-0.39, 0.29) is 18.7 Å². The van der Waals surface area contributed by atoms with E-state index in [0.717, 1.165) is 72.3 Å². The van der Waals surface area contributed by atoms with Gasteiger partial charge in [-0.3, -0.25) is 9.80 Å². The molecule has 9 rings (SSSR count). The summed E-state index contributed by atoms with van der Waals surface area (Å²) in [6.45, 7) is 1.65. The third kappa shape index (κ3) is 7.33. The molecule has 292 valence electrons. The van der Waals surface area contributed by atoms with E-state index in [2.05, 4.69) is 48.2 Å². The summed E-state index contributed by atoms with van der Waals surface area (Å²) in [5.74, 6) is 4.37. The second-order valence-electron chi connectivity index (χ2n) is 14.7. The van der Waals surface area contributed by atoms with Crippen LogP contribution in [-0.2, 0) is 38.5 Å². The van der Waals surface area contributed by atoms with Gasteiger partial charge in [-0.05, 0) is 128 Å². The van der Waals surface area contributed by atoms with Crippen molar-refractivity contribution in [1.29, 1.82) is 0 Å². The van der Waals surface area contributed by atoms with Gasteiger partial charge in [0.25, 0.3) is 0 Å². The molecule has 4 heterocycles. The molecule has 5 aromatic carbocycles. The number of likely N-dealkylation sites (N-methyl/N-ethyl adjacent to an activating group) is 2. The Morgan fingerprint density at radius 3 is 1.98 bits per heavy atom. The van der Waals surface area contributed by atoms with E-state index in [1.165, 1.54) is 17.7 Å². The average molecular weight is 767 g/mol. The highest BCUT2D eigenvalue weighted by Gasteiger charge is 2.35. The van der Waals surface area contributed by atoms with Crippen molar-refractivity contribution in [3.05, 3.63) is 129 Å². The van der Waals surface area contributed by atoms with Gasteiger partial charge in [0.15, 0.2) is 34.5 Å². The fourth-order valence-electron chi connectivity index (χ4n) is 8.16. The molecular weight excluding hydrogens is 721 g/mol. The number of fused-ring (bicyclic) bond motifs is 2. The molecular formula is C45H45F3N2O6. The molecule has 5 aromatic rings. The van der Waals surface area contributed by atoms with Gasteiger partial charge in [0.05, 0.1) is 26.9 Å². The van der Waals surface area contributed by atoms with Crippen LogP contribution in [0.1, 0.15) is 56.6 Å². The topological polar surface area (TPSA) is 61.9 Å². The molecule has 0 unspecified atom stereocenters.